The molecule has 1 aromatic carbocycles. The molecule has 2 atom stereocenters. The van der Waals surface area contributed by atoms with Crippen LogP contribution in [0, 0.1) is 11.8 Å². The highest BCUT2D eigenvalue weighted by atomic mass is 15.3. The molecule has 1 aromatic heterocycles. The minimum absolute atomic E-state index is 0.703. The monoisotopic (exact) mass is 382 g/mol. The fourth-order valence-electron chi connectivity index (χ4n) is 4.07. The van der Waals surface area contributed by atoms with E-state index in [1.165, 1.54) is 12.0 Å². The SMILES string of the molecule is CCc1nncn1CCNC(=NCCc1ccccc1)N1CC(C)CC(C)C1. The summed E-state index contributed by atoms with van der Waals surface area (Å²) in [6, 6.07) is 10.6. The molecule has 2 aromatic rings. The van der Waals surface area contributed by atoms with E-state index in [0.29, 0.717) is 11.8 Å². The van der Waals surface area contributed by atoms with Crippen molar-refractivity contribution in [2.75, 3.05) is 26.2 Å². The number of likely N-dealkylation sites (tertiary alicyclic amines) is 1. The van der Waals surface area contributed by atoms with Crippen LogP contribution in [0.4, 0.5) is 0 Å². The Hall–Kier alpha value is -2.37. The number of benzene rings is 1. The molecule has 152 valence electrons. The molecule has 1 N–H and O–H groups in total. The molecule has 28 heavy (non-hydrogen) atoms. The summed E-state index contributed by atoms with van der Waals surface area (Å²) in [5, 5.41) is 11.8. The lowest BCUT2D eigenvalue weighted by Gasteiger charge is -2.37. The van der Waals surface area contributed by atoms with E-state index in [-0.39, 0.29) is 0 Å². The van der Waals surface area contributed by atoms with E-state index in [1.54, 1.807) is 0 Å². The predicted molar refractivity (Wildman–Crippen MR) is 114 cm³/mol. The summed E-state index contributed by atoms with van der Waals surface area (Å²) in [4.78, 5) is 7.41. The van der Waals surface area contributed by atoms with Gasteiger partial charge < -0.3 is 14.8 Å². The van der Waals surface area contributed by atoms with Gasteiger partial charge in [-0.3, -0.25) is 4.99 Å². The molecule has 3 rings (SSSR count). The lowest BCUT2D eigenvalue weighted by molar-refractivity contribution is 0.208. The fourth-order valence-corrected chi connectivity index (χ4v) is 4.07. The van der Waals surface area contributed by atoms with Gasteiger partial charge in [-0.15, -0.1) is 10.2 Å². The Morgan fingerprint density at radius 3 is 2.64 bits per heavy atom. The summed E-state index contributed by atoms with van der Waals surface area (Å²) < 4.78 is 2.12. The zero-order valence-corrected chi connectivity index (χ0v) is 17.5. The number of aromatic nitrogens is 3. The number of hydrogen-bond donors (Lipinski definition) is 1. The summed E-state index contributed by atoms with van der Waals surface area (Å²) in [6.07, 6.45) is 4.99. The third-order valence-electron chi connectivity index (χ3n) is 5.32. The van der Waals surface area contributed by atoms with Crippen LogP contribution < -0.4 is 5.32 Å². The van der Waals surface area contributed by atoms with Crippen molar-refractivity contribution in [3.8, 4) is 0 Å². The number of hydrogen-bond acceptors (Lipinski definition) is 3. The lowest BCUT2D eigenvalue weighted by Crippen LogP contribution is -2.49. The van der Waals surface area contributed by atoms with E-state index in [0.717, 1.165) is 57.3 Å². The zero-order chi connectivity index (χ0) is 19.8. The van der Waals surface area contributed by atoms with Gasteiger partial charge in [0.25, 0.3) is 0 Å². The molecule has 6 nitrogen and oxygen atoms in total. The second-order valence-corrected chi connectivity index (χ2v) is 8.01. The second-order valence-electron chi connectivity index (χ2n) is 8.01. The van der Waals surface area contributed by atoms with Gasteiger partial charge in [0, 0.05) is 39.1 Å². The van der Waals surface area contributed by atoms with Gasteiger partial charge in [-0.05, 0) is 30.2 Å². The van der Waals surface area contributed by atoms with Crippen LogP contribution in [-0.2, 0) is 19.4 Å². The van der Waals surface area contributed by atoms with Crippen LogP contribution in [0.3, 0.4) is 0 Å². The van der Waals surface area contributed by atoms with Crippen LogP contribution in [0.2, 0.25) is 0 Å². The summed E-state index contributed by atoms with van der Waals surface area (Å²) in [7, 11) is 0. The van der Waals surface area contributed by atoms with Crippen molar-refractivity contribution in [2.24, 2.45) is 16.8 Å². The Balaban J connectivity index is 1.62. The van der Waals surface area contributed by atoms with Crippen molar-refractivity contribution in [3.63, 3.8) is 0 Å². The molecule has 2 unspecified atom stereocenters. The molecule has 0 bridgehead atoms. The predicted octanol–water partition coefficient (Wildman–Crippen LogP) is 3.01. The Kier molecular flexibility index (Phi) is 7.46. The molecule has 2 heterocycles. The first-order chi connectivity index (χ1) is 13.7. The first-order valence-electron chi connectivity index (χ1n) is 10.6. The van der Waals surface area contributed by atoms with Crippen molar-refractivity contribution in [1.29, 1.82) is 0 Å². The number of nitrogens with zero attached hydrogens (tertiary/aromatic N) is 5. The van der Waals surface area contributed by atoms with E-state index in [9.17, 15) is 0 Å². The van der Waals surface area contributed by atoms with Gasteiger partial charge in [0.15, 0.2) is 5.96 Å². The van der Waals surface area contributed by atoms with Crippen molar-refractivity contribution in [1.82, 2.24) is 25.0 Å². The maximum Gasteiger partial charge on any atom is 0.194 e. The summed E-state index contributed by atoms with van der Waals surface area (Å²) in [5.41, 5.74) is 1.34. The Morgan fingerprint density at radius 2 is 1.93 bits per heavy atom. The first-order valence-corrected chi connectivity index (χ1v) is 10.6. The molecule has 1 aliphatic rings. The van der Waals surface area contributed by atoms with E-state index >= 15 is 0 Å². The van der Waals surface area contributed by atoms with Gasteiger partial charge >= 0.3 is 0 Å². The van der Waals surface area contributed by atoms with Crippen molar-refractivity contribution >= 4 is 5.96 Å². The van der Waals surface area contributed by atoms with Crippen LogP contribution in [0.1, 0.15) is 38.6 Å². The van der Waals surface area contributed by atoms with Gasteiger partial charge in [-0.2, -0.15) is 0 Å². The van der Waals surface area contributed by atoms with Crippen molar-refractivity contribution in [3.05, 3.63) is 48.0 Å². The number of aliphatic imine (C=N–C) groups is 1. The van der Waals surface area contributed by atoms with Crippen LogP contribution in [0.5, 0.6) is 0 Å². The molecular weight excluding hydrogens is 348 g/mol. The number of guanidine groups is 1. The second kappa shape index (κ2) is 10.2. The Labute approximate surface area is 169 Å². The third kappa shape index (κ3) is 5.81. The van der Waals surface area contributed by atoms with Gasteiger partial charge in [-0.1, -0.05) is 51.1 Å². The molecule has 0 amide bonds. The quantitative estimate of drug-likeness (QED) is 0.591. The highest BCUT2D eigenvalue weighted by Crippen LogP contribution is 2.21. The molecule has 1 fully saturated rings. The largest absolute Gasteiger partial charge is 0.354 e. The zero-order valence-electron chi connectivity index (χ0n) is 17.5. The summed E-state index contributed by atoms with van der Waals surface area (Å²) >= 11 is 0. The van der Waals surface area contributed by atoms with Gasteiger partial charge in [0.2, 0.25) is 0 Å². The Bertz CT molecular complexity index is 728. The lowest BCUT2D eigenvalue weighted by atomic mass is 9.92. The molecule has 6 heteroatoms. The van der Waals surface area contributed by atoms with Crippen LogP contribution in [-0.4, -0.2) is 51.8 Å². The standard InChI is InChI=1S/C22H34N6/c1-4-21-26-25-17-27(21)13-12-24-22(28-15-18(2)14-19(3)16-28)23-11-10-20-8-6-5-7-9-20/h5-9,17-19H,4,10-16H2,1-3H3,(H,23,24). The minimum atomic E-state index is 0.703. The third-order valence-corrected chi connectivity index (χ3v) is 5.32. The maximum absolute atomic E-state index is 4.96. The van der Waals surface area contributed by atoms with Crippen molar-refractivity contribution in [2.45, 2.75) is 46.6 Å². The van der Waals surface area contributed by atoms with Crippen LogP contribution >= 0.6 is 0 Å². The summed E-state index contributed by atoms with van der Waals surface area (Å²) in [6.45, 7) is 11.4. The smallest absolute Gasteiger partial charge is 0.194 e. The topological polar surface area (TPSA) is 58.3 Å². The van der Waals surface area contributed by atoms with Crippen LogP contribution in [0.25, 0.3) is 0 Å². The highest BCUT2D eigenvalue weighted by molar-refractivity contribution is 5.80. The fraction of sp³-hybridized carbons (Fsp3) is 0.591. The van der Waals surface area contributed by atoms with E-state index < -0.39 is 0 Å². The van der Waals surface area contributed by atoms with Gasteiger partial charge in [0.05, 0.1) is 0 Å². The number of rotatable bonds is 7. The number of aryl methyl sites for hydroxylation is 1. The molecule has 0 aliphatic carbocycles. The molecule has 0 spiro atoms. The van der Waals surface area contributed by atoms with E-state index in [2.05, 4.69) is 76.1 Å². The van der Waals surface area contributed by atoms with Gasteiger partial charge in [0.1, 0.15) is 12.2 Å². The van der Waals surface area contributed by atoms with Crippen molar-refractivity contribution < 1.29 is 0 Å². The summed E-state index contributed by atoms with van der Waals surface area (Å²) in [5.74, 6) is 3.48. The molecule has 0 radical (unpaired) electrons. The number of nitrogens with one attached hydrogen (secondary N) is 1. The molecular formula is C22H34N6. The molecule has 1 saturated heterocycles. The van der Waals surface area contributed by atoms with Crippen LogP contribution in [0.15, 0.2) is 41.7 Å². The first kappa shape index (κ1) is 20.4. The average molecular weight is 383 g/mol. The van der Waals surface area contributed by atoms with E-state index in [4.69, 9.17) is 4.99 Å². The maximum atomic E-state index is 4.96. The molecule has 1 aliphatic heterocycles. The van der Waals surface area contributed by atoms with Gasteiger partial charge in [-0.25, -0.2) is 0 Å². The normalized spacial score (nSPS) is 20.4. The number of piperidine rings is 1. The van der Waals surface area contributed by atoms with E-state index in [1.807, 2.05) is 6.33 Å². The molecule has 0 saturated carbocycles. The minimum Gasteiger partial charge on any atom is -0.354 e. The highest BCUT2D eigenvalue weighted by Gasteiger charge is 2.24. The average Bonchev–Trinajstić information content (AvgIpc) is 3.14. The Morgan fingerprint density at radius 1 is 1.18 bits per heavy atom.